The molecule has 0 aliphatic carbocycles. The first kappa shape index (κ1) is 11.7. The van der Waals surface area contributed by atoms with Gasteiger partial charge in [-0.05, 0) is 31.2 Å². The molecule has 0 aliphatic rings. The maximum absolute atomic E-state index is 10.7. The zero-order chi connectivity index (χ0) is 11.3. The summed E-state index contributed by atoms with van der Waals surface area (Å²) in [5.41, 5.74) is 0.806. The second kappa shape index (κ2) is 4.95. The van der Waals surface area contributed by atoms with E-state index in [2.05, 4.69) is 5.32 Å². The number of nitrogens with one attached hydrogen (secondary N) is 1. The van der Waals surface area contributed by atoms with Gasteiger partial charge in [0.2, 0.25) is 0 Å². The summed E-state index contributed by atoms with van der Waals surface area (Å²) in [6.07, 6.45) is 3.86. The average Bonchev–Trinajstić information content (AvgIpc) is 2.18. The van der Waals surface area contributed by atoms with Crippen molar-refractivity contribution in [2.24, 2.45) is 0 Å². The summed E-state index contributed by atoms with van der Waals surface area (Å²) in [5.74, 6) is 0. The summed E-state index contributed by atoms with van der Waals surface area (Å²) >= 11 is 0. The smallest absolute Gasteiger partial charge is 0.294 e. The van der Waals surface area contributed by atoms with E-state index in [0.29, 0.717) is 6.54 Å². The van der Waals surface area contributed by atoms with Gasteiger partial charge in [-0.1, -0.05) is 12.2 Å². The zero-order valence-corrected chi connectivity index (χ0v) is 9.16. The Kier molecular flexibility index (Phi) is 3.88. The van der Waals surface area contributed by atoms with Gasteiger partial charge in [0.05, 0.1) is 4.90 Å². The summed E-state index contributed by atoms with van der Waals surface area (Å²) in [6, 6.07) is 5.92. The molecular formula is C10H13NO3S. The summed E-state index contributed by atoms with van der Waals surface area (Å²) in [5, 5.41) is 3.06. The minimum Gasteiger partial charge on any atom is -0.382 e. The number of hydrogen-bond acceptors (Lipinski definition) is 3. The highest BCUT2D eigenvalue weighted by molar-refractivity contribution is 7.85. The van der Waals surface area contributed by atoms with Crippen molar-refractivity contribution in [3.63, 3.8) is 0 Å². The van der Waals surface area contributed by atoms with Gasteiger partial charge in [-0.3, -0.25) is 4.55 Å². The molecule has 0 aliphatic heterocycles. The Labute approximate surface area is 89.4 Å². The standard InChI is InChI=1S/C10H13NO3S/c1-2-3-8-11-9-4-6-10(7-5-9)15(12,13)14/h2-7,11H,8H2,1H3,(H,12,13,14). The molecule has 0 saturated heterocycles. The van der Waals surface area contributed by atoms with Crippen molar-refractivity contribution < 1.29 is 13.0 Å². The van der Waals surface area contributed by atoms with Crippen molar-refractivity contribution in [1.82, 2.24) is 0 Å². The van der Waals surface area contributed by atoms with Gasteiger partial charge in [0, 0.05) is 12.2 Å². The first-order valence-corrected chi connectivity index (χ1v) is 5.90. The summed E-state index contributed by atoms with van der Waals surface area (Å²) in [4.78, 5) is -0.0981. The van der Waals surface area contributed by atoms with Crippen molar-refractivity contribution in [2.45, 2.75) is 11.8 Å². The lowest BCUT2D eigenvalue weighted by Gasteiger charge is -2.03. The van der Waals surface area contributed by atoms with Crippen LogP contribution in [0.2, 0.25) is 0 Å². The highest BCUT2D eigenvalue weighted by atomic mass is 32.2. The molecule has 0 aromatic heterocycles. The Morgan fingerprint density at radius 2 is 1.93 bits per heavy atom. The molecule has 2 N–H and O–H groups in total. The van der Waals surface area contributed by atoms with E-state index in [9.17, 15) is 8.42 Å². The van der Waals surface area contributed by atoms with E-state index in [1.807, 2.05) is 19.1 Å². The van der Waals surface area contributed by atoms with E-state index in [1.165, 1.54) is 12.1 Å². The fraction of sp³-hybridized carbons (Fsp3) is 0.200. The summed E-state index contributed by atoms with van der Waals surface area (Å²) < 4.78 is 30.2. The second-order valence-electron chi connectivity index (χ2n) is 2.95. The number of hydrogen-bond donors (Lipinski definition) is 2. The molecule has 0 radical (unpaired) electrons. The largest absolute Gasteiger partial charge is 0.382 e. The third-order valence-corrected chi connectivity index (χ3v) is 2.68. The second-order valence-corrected chi connectivity index (χ2v) is 4.37. The SMILES string of the molecule is CC=CCNc1ccc(S(=O)(=O)O)cc1. The number of anilines is 1. The lowest BCUT2D eigenvalue weighted by molar-refractivity contribution is 0.483. The van der Waals surface area contributed by atoms with Gasteiger partial charge < -0.3 is 5.32 Å². The Morgan fingerprint density at radius 1 is 1.33 bits per heavy atom. The monoisotopic (exact) mass is 227 g/mol. The molecule has 1 rings (SSSR count). The van der Waals surface area contributed by atoms with Crippen LogP contribution in [0.1, 0.15) is 6.92 Å². The van der Waals surface area contributed by atoms with Crippen molar-refractivity contribution in [3.05, 3.63) is 36.4 Å². The van der Waals surface area contributed by atoms with Crippen LogP contribution in [0.4, 0.5) is 5.69 Å². The van der Waals surface area contributed by atoms with Gasteiger partial charge in [0.25, 0.3) is 10.1 Å². The molecule has 0 saturated carbocycles. The molecule has 0 unspecified atom stereocenters. The topological polar surface area (TPSA) is 66.4 Å². The predicted molar refractivity (Wildman–Crippen MR) is 59.6 cm³/mol. The Morgan fingerprint density at radius 3 is 2.40 bits per heavy atom. The molecule has 82 valence electrons. The lowest BCUT2D eigenvalue weighted by Crippen LogP contribution is -2.00. The maximum Gasteiger partial charge on any atom is 0.294 e. The summed E-state index contributed by atoms with van der Waals surface area (Å²) in [7, 11) is -4.09. The number of benzene rings is 1. The van der Waals surface area contributed by atoms with Gasteiger partial charge in [0.15, 0.2) is 0 Å². The first-order chi connectivity index (χ1) is 7.04. The van der Waals surface area contributed by atoms with Crippen molar-refractivity contribution >= 4 is 15.8 Å². The molecule has 0 amide bonds. The molecule has 4 nitrogen and oxygen atoms in total. The van der Waals surface area contributed by atoms with E-state index >= 15 is 0 Å². The highest BCUT2D eigenvalue weighted by Gasteiger charge is 2.07. The van der Waals surface area contributed by atoms with Crippen molar-refractivity contribution in [2.75, 3.05) is 11.9 Å². The van der Waals surface area contributed by atoms with Crippen LogP contribution in [0, 0.1) is 0 Å². The molecule has 0 bridgehead atoms. The minimum atomic E-state index is -4.09. The molecule has 0 heterocycles. The van der Waals surface area contributed by atoms with Crippen LogP contribution in [0.15, 0.2) is 41.3 Å². The van der Waals surface area contributed by atoms with Gasteiger partial charge in [-0.25, -0.2) is 0 Å². The minimum absolute atomic E-state index is 0.0981. The van der Waals surface area contributed by atoms with Crippen LogP contribution in [0.5, 0.6) is 0 Å². The Balaban J connectivity index is 2.73. The molecule has 1 aromatic carbocycles. The summed E-state index contributed by atoms with van der Waals surface area (Å²) in [6.45, 7) is 2.60. The van der Waals surface area contributed by atoms with E-state index < -0.39 is 10.1 Å². The van der Waals surface area contributed by atoms with Crippen LogP contribution >= 0.6 is 0 Å². The third kappa shape index (κ3) is 3.73. The Bertz CT molecular complexity index is 434. The van der Waals surface area contributed by atoms with E-state index in [4.69, 9.17) is 4.55 Å². The molecule has 15 heavy (non-hydrogen) atoms. The van der Waals surface area contributed by atoms with Crippen LogP contribution in [0.25, 0.3) is 0 Å². The average molecular weight is 227 g/mol. The zero-order valence-electron chi connectivity index (χ0n) is 8.34. The molecule has 5 heteroatoms. The normalized spacial score (nSPS) is 11.9. The predicted octanol–water partition coefficient (Wildman–Crippen LogP) is 1.92. The molecular weight excluding hydrogens is 214 g/mol. The van der Waals surface area contributed by atoms with E-state index in [1.54, 1.807) is 12.1 Å². The molecule has 1 aromatic rings. The first-order valence-electron chi connectivity index (χ1n) is 4.46. The Hall–Kier alpha value is -1.33. The molecule has 0 spiro atoms. The van der Waals surface area contributed by atoms with Crippen LogP contribution in [-0.2, 0) is 10.1 Å². The van der Waals surface area contributed by atoms with Crippen molar-refractivity contribution in [1.29, 1.82) is 0 Å². The fourth-order valence-corrected chi connectivity index (χ4v) is 1.52. The number of rotatable bonds is 4. The molecule has 0 atom stereocenters. The van der Waals surface area contributed by atoms with Gasteiger partial charge in [-0.2, -0.15) is 8.42 Å². The van der Waals surface area contributed by atoms with Crippen LogP contribution in [0.3, 0.4) is 0 Å². The van der Waals surface area contributed by atoms with Crippen molar-refractivity contribution in [3.8, 4) is 0 Å². The van der Waals surface area contributed by atoms with Gasteiger partial charge in [-0.15, -0.1) is 0 Å². The van der Waals surface area contributed by atoms with E-state index in [-0.39, 0.29) is 4.90 Å². The van der Waals surface area contributed by atoms with Gasteiger partial charge >= 0.3 is 0 Å². The van der Waals surface area contributed by atoms with Crippen LogP contribution in [-0.4, -0.2) is 19.5 Å². The number of allylic oxidation sites excluding steroid dienone is 1. The van der Waals surface area contributed by atoms with E-state index in [0.717, 1.165) is 5.69 Å². The fourth-order valence-electron chi connectivity index (χ4n) is 1.04. The van der Waals surface area contributed by atoms with Crippen LogP contribution < -0.4 is 5.32 Å². The molecule has 0 fully saturated rings. The third-order valence-electron chi connectivity index (χ3n) is 1.81. The lowest BCUT2D eigenvalue weighted by atomic mass is 10.3. The quantitative estimate of drug-likeness (QED) is 0.609. The van der Waals surface area contributed by atoms with Gasteiger partial charge in [0.1, 0.15) is 0 Å². The maximum atomic E-state index is 10.7. The highest BCUT2D eigenvalue weighted by Crippen LogP contribution is 2.13.